The number of amides is 1. The molecule has 2 aliphatic rings. The first-order valence-electron chi connectivity index (χ1n) is 8.92. The Morgan fingerprint density at radius 1 is 1.26 bits per heavy atom. The molecule has 0 saturated carbocycles. The third kappa shape index (κ3) is 3.83. The fraction of sp³-hybridized carbons (Fsp3) is 0.500. The first-order chi connectivity index (χ1) is 12.7. The number of aliphatic carboxylic acids is 1. The lowest BCUT2D eigenvalue weighted by atomic mass is 9.94. The molecule has 0 atom stereocenters. The van der Waals surface area contributed by atoms with Gasteiger partial charge in [0.15, 0.2) is 5.84 Å². The third-order valence-corrected chi connectivity index (χ3v) is 6.29. The zero-order valence-electron chi connectivity index (χ0n) is 15.3. The molecular formula is C18H23N3O5S. The van der Waals surface area contributed by atoms with Crippen LogP contribution in [0.15, 0.2) is 33.6 Å². The van der Waals surface area contributed by atoms with Gasteiger partial charge in [-0.1, -0.05) is 12.1 Å². The second-order valence-corrected chi connectivity index (χ2v) is 8.67. The Hall–Kier alpha value is -2.42. The molecule has 1 fully saturated rings. The van der Waals surface area contributed by atoms with Crippen LogP contribution in [0, 0.1) is 5.92 Å². The van der Waals surface area contributed by atoms with Crippen molar-refractivity contribution >= 4 is 27.7 Å². The maximum atomic E-state index is 12.7. The van der Waals surface area contributed by atoms with Gasteiger partial charge in [0, 0.05) is 30.6 Å². The van der Waals surface area contributed by atoms with Gasteiger partial charge in [0.1, 0.15) is 11.4 Å². The molecule has 1 amide bonds. The molecule has 3 rings (SSSR count). The van der Waals surface area contributed by atoms with Crippen LogP contribution >= 0.6 is 0 Å². The van der Waals surface area contributed by atoms with Crippen molar-refractivity contribution in [2.24, 2.45) is 10.3 Å². The number of carbonyl (C=O) groups is 2. The minimum Gasteiger partial charge on any atom is -0.480 e. The summed E-state index contributed by atoms with van der Waals surface area (Å²) in [5, 5.41) is 9.03. The predicted octanol–water partition coefficient (Wildman–Crippen LogP) is 1.17. The van der Waals surface area contributed by atoms with Crippen LogP contribution in [0.5, 0.6) is 0 Å². The van der Waals surface area contributed by atoms with Gasteiger partial charge in [-0.3, -0.25) is 9.59 Å². The van der Waals surface area contributed by atoms with Crippen molar-refractivity contribution in [3.05, 3.63) is 29.8 Å². The molecule has 8 nitrogen and oxygen atoms in total. The van der Waals surface area contributed by atoms with E-state index in [-0.39, 0.29) is 29.3 Å². The highest BCUT2D eigenvalue weighted by Crippen LogP contribution is 2.30. The van der Waals surface area contributed by atoms with Crippen molar-refractivity contribution in [1.82, 2.24) is 9.80 Å². The van der Waals surface area contributed by atoms with Crippen molar-refractivity contribution in [2.75, 3.05) is 19.6 Å². The van der Waals surface area contributed by atoms with Crippen LogP contribution in [-0.4, -0.2) is 66.7 Å². The summed E-state index contributed by atoms with van der Waals surface area (Å²) in [7, 11) is -3.67. The normalized spacial score (nSPS) is 18.9. The Kier molecular flexibility index (Phi) is 5.23. The minimum atomic E-state index is -3.67. The first-order valence-corrected chi connectivity index (χ1v) is 10.4. The van der Waals surface area contributed by atoms with Crippen molar-refractivity contribution in [2.45, 2.75) is 37.6 Å². The number of carbonyl (C=O) groups excluding carboxylic acids is 1. The molecule has 0 radical (unpaired) electrons. The maximum absolute atomic E-state index is 12.7. The van der Waals surface area contributed by atoms with Gasteiger partial charge in [0.05, 0.1) is 0 Å². The van der Waals surface area contributed by atoms with E-state index in [1.165, 1.54) is 4.90 Å². The highest BCUT2D eigenvalue weighted by molar-refractivity contribution is 7.90. The predicted molar refractivity (Wildman–Crippen MR) is 98.9 cm³/mol. The number of fused-ring (bicyclic) bond motifs is 1. The van der Waals surface area contributed by atoms with E-state index >= 15 is 0 Å². The Balaban J connectivity index is 1.71. The van der Waals surface area contributed by atoms with Crippen LogP contribution in [0.2, 0.25) is 0 Å². The SMILES string of the molecule is CC(C)N(CC(=O)O)C(=O)C1CCN(C2=NS(=O)(=O)c3ccccc32)CC1. The van der Waals surface area contributed by atoms with E-state index in [0.29, 0.717) is 37.3 Å². The van der Waals surface area contributed by atoms with Crippen molar-refractivity contribution < 1.29 is 23.1 Å². The number of benzene rings is 1. The van der Waals surface area contributed by atoms with Crippen LogP contribution in [0.3, 0.4) is 0 Å². The summed E-state index contributed by atoms with van der Waals surface area (Å²) in [6.07, 6.45) is 1.06. The summed E-state index contributed by atoms with van der Waals surface area (Å²) >= 11 is 0. The molecule has 1 saturated heterocycles. The van der Waals surface area contributed by atoms with Gasteiger partial charge >= 0.3 is 5.97 Å². The Labute approximate surface area is 158 Å². The fourth-order valence-corrected chi connectivity index (χ4v) is 4.78. The molecule has 1 aromatic rings. The molecule has 0 aromatic heterocycles. The van der Waals surface area contributed by atoms with Crippen LogP contribution in [-0.2, 0) is 19.6 Å². The maximum Gasteiger partial charge on any atom is 0.323 e. The number of likely N-dealkylation sites (tertiary alicyclic amines) is 1. The van der Waals surface area contributed by atoms with Gasteiger partial charge in [0.2, 0.25) is 5.91 Å². The largest absolute Gasteiger partial charge is 0.480 e. The Bertz CT molecular complexity index is 886. The number of piperidine rings is 1. The fourth-order valence-electron chi connectivity index (χ4n) is 3.55. The second kappa shape index (κ2) is 7.30. The molecule has 0 bridgehead atoms. The molecule has 146 valence electrons. The number of nitrogens with zero attached hydrogens (tertiary/aromatic N) is 3. The third-order valence-electron chi connectivity index (χ3n) is 4.97. The molecule has 2 heterocycles. The van der Waals surface area contributed by atoms with Gasteiger partial charge in [-0.15, -0.1) is 4.40 Å². The highest BCUT2D eigenvalue weighted by atomic mass is 32.2. The van der Waals surface area contributed by atoms with E-state index in [0.717, 1.165) is 0 Å². The van der Waals surface area contributed by atoms with Crippen LogP contribution in [0.1, 0.15) is 32.3 Å². The van der Waals surface area contributed by atoms with Crippen molar-refractivity contribution in [3.8, 4) is 0 Å². The number of carboxylic acids is 1. The first kappa shape index (κ1) is 19.3. The Morgan fingerprint density at radius 2 is 1.89 bits per heavy atom. The zero-order chi connectivity index (χ0) is 19.8. The van der Waals surface area contributed by atoms with E-state index in [9.17, 15) is 18.0 Å². The van der Waals surface area contributed by atoms with Crippen LogP contribution in [0.4, 0.5) is 0 Å². The molecule has 1 aromatic carbocycles. The number of amidine groups is 1. The summed E-state index contributed by atoms with van der Waals surface area (Å²) in [6.45, 7) is 4.28. The summed E-state index contributed by atoms with van der Waals surface area (Å²) in [6, 6.07) is 6.54. The van der Waals surface area contributed by atoms with Gasteiger partial charge in [-0.2, -0.15) is 8.42 Å². The highest BCUT2D eigenvalue weighted by Gasteiger charge is 2.36. The molecule has 0 unspecified atom stereocenters. The van der Waals surface area contributed by atoms with Crippen LogP contribution < -0.4 is 0 Å². The van der Waals surface area contributed by atoms with Crippen molar-refractivity contribution in [3.63, 3.8) is 0 Å². The second-order valence-electron chi connectivity index (χ2n) is 7.10. The molecule has 9 heteroatoms. The van der Waals surface area contributed by atoms with E-state index in [1.807, 2.05) is 4.90 Å². The molecule has 1 N–H and O–H groups in total. The lowest BCUT2D eigenvalue weighted by Crippen LogP contribution is -2.48. The molecule has 2 aliphatic heterocycles. The number of carboxylic acid groups (broad SMARTS) is 1. The average Bonchev–Trinajstić information content (AvgIpc) is 2.90. The van der Waals surface area contributed by atoms with E-state index in [1.54, 1.807) is 38.1 Å². The average molecular weight is 393 g/mol. The molecule has 27 heavy (non-hydrogen) atoms. The van der Waals surface area contributed by atoms with Gasteiger partial charge in [-0.05, 0) is 38.8 Å². The lowest BCUT2D eigenvalue weighted by Gasteiger charge is -2.36. The monoisotopic (exact) mass is 393 g/mol. The number of hydrogen-bond acceptors (Lipinski definition) is 5. The topological polar surface area (TPSA) is 107 Å². The Morgan fingerprint density at radius 3 is 2.48 bits per heavy atom. The molecule has 0 aliphatic carbocycles. The van der Waals surface area contributed by atoms with Gasteiger partial charge in [0.25, 0.3) is 10.0 Å². The number of sulfonamides is 1. The number of hydrogen-bond donors (Lipinski definition) is 1. The number of rotatable bonds is 4. The summed E-state index contributed by atoms with van der Waals surface area (Å²) in [5.74, 6) is -1.02. The van der Waals surface area contributed by atoms with E-state index in [2.05, 4.69) is 4.40 Å². The minimum absolute atomic E-state index is 0.159. The molecule has 0 spiro atoms. The van der Waals surface area contributed by atoms with Gasteiger partial charge in [-0.25, -0.2) is 0 Å². The summed E-state index contributed by atoms with van der Waals surface area (Å²) in [5.41, 5.74) is 0.594. The van der Waals surface area contributed by atoms with Gasteiger partial charge < -0.3 is 14.9 Å². The molecular weight excluding hydrogens is 370 g/mol. The summed E-state index contributed by atoms with van der Waals surface area (Å²) < 4.78 is 28.4. The van der Waals surface area contributed by atoms with Crippen LogP contribution in [0.25, 0.3) is 0 Å². The summed E-state index contributed by atoms with van der Waals surface area (Å²) in [4.78, 5) is 27.2. The van der Waals surface area contributed by atoms with E-state index < -0.39 is 16.0 Å². The lowest BCUT2D eigenvalue weighted by molar-refractivity contribution is -0.148. The standard InChI is InChI=1S/C18H23N3O5S/c1-12(2)21(11-16(22)23)18(24)13-7-9-20(10-8-13)17-14-5-3-4-6-15(14)27(25,26)19-17/h3-6,12-13H,7-11H2,1-2H3,(H,22,23). The zero-order valence-corrected chi connectivity index (χ0v) is 16.1. The quantitative estimate of drug-likeness (QED) is 0.823. The smallest absolute Gasteiger partial charge is 0.323 e. The van der Waals surface area contributed by atoms with Crippen molar-refractivity contribution in [1.29, 1.82) is 0 Å². The van der Waals surface area contributed by atoms with E-state index in [4.69, 9.17) is 5.11 Å².